The molecular weight excluding hydrogens is 350 g/mol. The van der Waals surface area contributed by atoms with Crippen LogP contribution in [0.3, 0.4) is 0 Å². The smallest absolute Gasteiger partial charge is 0.410 e. The van der Waals surface area contributed by atoms with Crippen molar-refractivity contribution in [2.24, 2.45) is 0 Å². The van der Waals surface area contributed by atoms with Crippen molar-refractivity contribution in [3.8, 4) is 0 Å². The van der Waals surface area contributed by atoms with Gasteiger partial charge in [-0.15, -0.1) is 0 Å². The largest absolute Gasteiger partial charge is 0.444 e. The molecule has 0 radical (unpaired) electrons. The number of rotatable bonds is 3. The van der Waals surface area contributed by atoms with Gasteiger partial charge in [0.2, 0.25) is 0 Å². The molecule has 0 aromatic carbocycles. The normalized spacial score (nSPS) is 33.0. The number of hydrogen-bond acceptors (Lipinski definition) is 4. The van der Waals surface area contributed by atoms with Crippen molar-refractivity contribution in [1.82, 2.24) is 4.90 Å². The molecule has 4 atom stereocenters. The van der Waals surface area contributed by atoms with Crippen LogP contribution >= 0.6 is 15.9 Å². The first-order valence-corrected chi connectivity index (χ1v) is 9.00. The molecule has 0 bridgehead atoms. The lowest BCUT2D eigenvalue weighted by Crippen LogP contribution is -2.37. The van der Waals surface area contributed by atoms with Gasteiger partial charge in [0.25, 0.3) is 0 Å². The summed E-state index contributed by atoms with van der Waals surface area (Å²) in [6.07, 6.45) is 4.55. The zero-order chi connectivity index (χ0) is 16.3. The Kier molecular flexibility index (Phi) is 6.14. The van der Waals surface area contributed by atoms with Gasteiger partial charge in [-0.2, -0.15) is 0 Å². The van der Waals surface area contributed by atoms with Gasteiger partial charge < -0.3 is 19.1 Å². The van der Waals surface area contributed by atoms with Crippen molar-refractivity contribution in [2.45, 2.75) is 75.2 Å². The summed E-state index contributed by atoms with van der Waals surface area (Å²) in [6.45, 7) is 6.85. The number of amides is 1. The number of alkyl halides is 1. The lowest BCUT2D eigenvalue weighted by Gasteiger charge is -2.31. The zero-order valence-corrected chi connectivity index (χ0v) is 15.6. The zero-order valence-electron chi connectivity index (χ0n) is 14.0. The Bertz CT molecular complexity index is 385. The van der Waals surface area contributed by atoms with Gasteiger partial charge >= 0.3 is 6.09 Å². The third-order valence-electron chi connectivity index (χ3n) is 4.13. The van der Waals surface area contributed by atoms with Crippen LogP contribution in [-0.4, -0.2) is 59.9 Å². The fourth-order valence-corrected chi connectivity index (χ4v) is 3.67. The number of halogens is 1. The highest BCUT2D eigenvalue weighted by atomic mass is 79.9. The van der Waals surface area contributed by atoms with Crippen LogP contribution in [-0.2, 0) is 14.2 Å². The van der Waals surface area contributed by atoms with Gasteiger partial charge in [0.1, 0.15) is 5.60 Å². The number of carbonyl (C=O) groups is 1. The van der Waals surface area contributed by atoms with Crippen LogP contribution in [0, 0.1) is 0 Å². The second kappa shape index (κ2) is 7.49. The maximum absolute atomic E-state index is 12.1. The molecule has 4 unspecified atom stereocenters. The van der Waals surface area contributed by atoms with Crippen molar-refractivity contribution < 1.29 is 19.0 Å². The monoisotopic (exact) mass is 377 g/mol. The van der Waals surface area contributed by atoms with E-state index in [2.05, 4.69) is 15.9 Å². The fraction of sp³-hybridized carbons (Fsp3) is 0.938. The molecule has 1 heterocycles. The minimum absolute atomic E-state index is 0.0214. The number of nitrogens with zero attached hydrogens (tertiary/aromatic N) is 1. The summed E-state index contributed by atoms with van der Waals surface area (Å²) in [5.74, 6) is 0. The topological polar surface area (TPSA) is 48.0 Å². The van der Waals surface area contributed by atoms with Gasteiger partial charge in [0.15, 0.2) is 0 Å². The molecule has 5 nitrogen and oxygen atoms in total. The van der Waals surface area contributed by atoms with E-state index in [1.54, 1.807) is 12.0 Å². The third kappa shape index (κ3) is 5.10. The molecule has 2 fully saturated rings. The molecule has 22 heavy (non-hydrogen) atoms. The predicted molar refractivity (Wildman–Crippen MR) is 88.4 cm³/mol. The van der Waals surface area contributed by atoms with E-state index in [1.165, 1.54) is 0 Å². The fourth-order valence-electron chi connectivity index (χ4n) is 3.03. The first-order valence-electron chi connectivity index (χ1n) is 8.08. The van der Waals surface area contributed by atoms with Crippen LogP contribution in [0.15, 0.2) is 0 Å². The highest BCUT2D eigenvalue weighted by molar-refractivity contribution is 9.09. The first kappa shape index (κ1) is 18.0. The van der Waals surface area contributed by atoms with Crippen molar-refractivity contribution >= 4 is 22.0 Å². The van der Waals surface area contributed by atoms with Crippen LogP contribution in [0.5, 0.6) is 0 Å². The van der Waals surface area contributed by atoms with E-state index in [-0.39, 0.29) is 23.1 Å². The number of hydrogen-bond donors (Lipinski definition) is 0. The van der Waals surface area contributed by atoms with E-state index in [4.69, 9.17) is 14.2 Å². The molecule has 1 amide bonds. The second-order valence-corrected chi connectivity index (χ2v) is 8.40. The average molecular weight is 378 g/mol. The summed E-state index contributed by atoms with van der Waals surface area (Å²) in [5.41, 5.74) is -0.465. The minimum atomic E-state index is -0.465. The van der Waals surface area contributed by atoms with Gasteiger partial charge in [-0.1, -0.05) is 15.9 Å². The quantitative estimate of drug-likeness (QED) is 0.707. The molecule has 0 aromatic rings. The molecule has 1 aliphatic heterocycles. The van der Waals surface area contributed by atoms with Gasteiger partial charge in [-0.3, -0.25) is 0 Å². The van der Waals surface area contributed by atoms with Crippen molar-refractivity contribution in [2.75, 3.05) is 20.2 Å². The van der Waals surface area contributed by atoms with E-state index in [9.17, 15) is 4.79 Å². The number of carbonyl (C=O) groups excluding carboxylic acids is 1. The van der Waals surface area contributed by atoms with Crippen LogP contribution in [0.25, 0.3) is 0 Å². The van der Waals surface area contributed by atoms with Crippen LogP contribution < -0.4 is 0 Å². The lowest BCUT2D eigenvalue weighted by molar-refractivity contribution is -0.0596. The van der Waals surface area contributed by atoms with E-state index < -0.39 is 5.60 Å². The summed E-state index contributed by atoms with van der Waals surface area (Å²) in [5, 5.41) is 0. The van der Waals surface area contributed by atoms with Crippen LogP contribution in [0.1, 0.15) is 46.5 Å². The summed E-state index contributed by atoms with van der Waals surface area (Å²) in [4.78, 5) is 14.0. The lowest BCUT2D eigenvalue weighted by atomic mass is 9.95. The summed E-state index contributed by atoms with van der Waals surface area (Å²) in [7, 11) is 1.76. The number of methoxy groups -OCH3 is 1. The average Bonchev–Trinajstić information content (AvgIpc) is 2.79. The predicted octanol–water partition coefficient (Wildman–Crippen LogP) is 3.34. The molecule has 0 spiro atoms. The highest BCUT2D eigenvalue weighted by Gasteiger charge is 2.38. The first-order chi connectivity index (χ1) is 10.3. The molecular formula is C16H28BrNO4. The summed E-state index contributed by atoms with van der Waals surface area (Å²) >= 11 is 3.65. The SMILES string of the molecule is COC1CCCC(OC2CN(C(=O)OC(C)(C)C)CC2Br)C1. The highest BCUT2D eigenvalue weighted by Crippen LogP contribution is 2.29. The van der Waals surface area contributed by atoms with Gasteiger partial charge in [0, 0.05) is 13.7 Å². The van der Waals surface area contributed by atoms with E-state index in [0.717, 1.165) is 25.7 Å². The summed E-state index contributed by atoms with van der Waals surface area (Å²) < 4.78 is 17.1. The molecule has 2 aliphatic rings. The van der Waals surface area contributed by atoms with Crippen molar-refractivity contribution in [3.63, 3.8) is 0 Å². The van der Waals surface area contributed by atoms with E-state index in [1.807, 2.05) is 20.8 Å². The Morgan fingerprint density at radius 3 is 2.50 bits per heavy atom. The molecule has 2 rings (SSSR count). The molecule has 0 N–H and O–H groups in total. The van der Waals surface area contributed by atoms with Crippen LogP contribution in [0.4, 0.5) is 4.79 Å². The Morgan fingerprint density at radius 2 is 1.86 bits per heavy atom. The molecule has 1 saturated carbocycles. The minimum Gasteiger partial charge on any atom is -0.444 e. The van der Waals surface area contributed by atoms with Crippen LogP contribution in [0.2, 0.25) is 0 Å². The number of ether oxygens (including phenoxy) is 3. The molecule has 0 aromatic heterocycles. The van der Waals surface area contributed by atoms with Gasteiger partial charge in [-0.05, 0) is 46.5 Å². The van der Waals surface area contributed by atoms with Crippen molar-refractivity contribution in [3.05, 3.63) is 0 Å². The second-order valence-electron chi connectivity index (χ2n) is 7.22. The Labute approximate surface area is 141 Å². The third-order valence-corrected chi connectivity index (χ3v) is 5.01. The van der Waals surface area contributed by atoms with Crippen molar-refractivity contribution in [1.29, 1.82) is 0 Å². The Balaban J connectivity index is 1.84. The standard InChI is InChI=1S/C16H28BrNO4/c1-16(2,3)22-15(19)18-9-13(17)14(10-18)21-12-7-5-6-11(8-12)20-4/h11-14H,5-10H2,1-4H3. The maximum atomic E-state index is 12.1. The van der Waals surface area contributed by atoms with E-state index in [0.29, 0.717) is 19.2 Å². The molecule has 128 valence electrons. The molecule has 6 heteroatoms. The number of likely N-dealkylation sites (tertiary alicyclic amines) is 1. The summed E-state index contributed by atoms with van der Waals surface area (Å²) in [6, 6.07) is 0. The van der Waals surface area contributed by atoms with Gasteiger partial charge in [0.05, 0.1) is 29.7 Å². The van der Waals surface area contributed by atoms with E-state index >= 15 is 0 Å². The molecule has 1 saturated heterocycles. The van der Waals surface area contributed by atoms with Gasteiger partial charge in [-0.25, -0.2) is 4.79 Å². The molecule has 1 aliphatic carbocycles. The Hall–Kier alpha value is -0.330. The Morgan fingerprint density at radius 1 is 1.18 bits per heavy atom. The maximum Gasteiger partial charge on any atom is 0.410 e.